The van der Waals surface area contributed by atoms with Crippen LogP contribution < -0.4 is 5.32 Å². The van der Waals surface area contributed by atoms with E-state index in [1.54, 1.807) is 25.1 Å². The summed E-state index contributed by atoms with van der Waals surface area (Å²) in [5.41, 5.74) is 0.497. The zero-order valence-corrected chi connectivity index (χ0v) is 15.6. The molecule has 0 saturated carbocycles. The number of halogens is 2. The van der Waals surface area contributed by atoms with Crippen LogP contribution in [0.3, 0.4) is 0 Å². The van der Waals surface area contributed by atoms with E-state index in [0.717, 1.165) is 21.4 Å². The number of thiophene rings is 1. The van der Waals surface area contributed by atoms with Gasteiger partial charge in [-0.3, -0.25) is 10.1 Å². The molecule has 0 aliphatic rings. The number of nitrogens with one attached hydrogen (secondary N) is 1. The molecular formula is C15H10Cl2N2O3S2. The van der Waals surface area contributed by atoms with E-state index in [9.17, 15) is 9.59 Å². The quantitative estimate of drug-likeness (QED) is 0.627. The molecular weight excluding hydrogens is 391 g/mol. The summed E-state index contributed by atoms with van der Waals surface area (Å²) in [6.07, 6.45) is 0. The van der Waals surface area contributed by atoms with Gasteiger partial charge >= 0.3 is 5.97 Å². The van der Waals surface area contributed by atoms with Gasteiger partial charge in [0.2, 0.25) is 0 Å². The maximum atomic E-state index is 12.5. The number of esters is 1. The number of aromatic nitrogens is 1. The van der Waals surface area contributed by atoms with Gasteiger partial charge in [0.15, 0.2) is 5.13 Å². The summed E-state index contributed by atoms with van der Waals surface area (Å²) in [6.45, 7) is 1.67. The zero-order valence-electron chi connectivity index (χ0n) is 12.5. The molecule has 0 bridgehead atoms. The summed E-state index contributed by atoms with van der Waals surface area (Å²) in [6, 6.07) is 5.25. The van der Waals surface area contributed by atoms with Crippen LogP contribution in [-0.2, 0) is 4.74 Å². The number of hydrogen-bond acceptors (Lipinski definition) is 6. The first-order chi connectivity index (χ1) is 11.4. The molecule has 1 amide bonds. The van der Waals surface area contributed by atoms with E-state index >= 15 is 0 Å². The Balaban J connectivity index is 1.90. The smallest absolute Gasteiger partial charge is 0.350 e. The van der Waals surface area contributed by atoms with E-state index in [2.05, 4.69) is 15.0 Å². The van der Waals surface area contributed by atoms with Crippen molar-refractivity contribution >= 4 is 73.0 Å². The molecule has 0 aliphatic heterocycles. The standard InChI is InChI=1S/C15H10Cl2N2O3S2/c1-6-11(14(21)22-2)24-15(18-6)19-13(20)12-10(17)8-4-3-7(16)5-9(8)23-12/h3-5H,1-2H3,(H,18,19,20). The molecule has 3 rings (SSSR count). The van der Waals surface area contributed by atoms with E-state index in [1.165, 1.54) is 18.4 Å². The van der Waals surface area contributed by atoms with Gasteiger partial charge in [0, 0.05) is 15.1 Å². The van der Waals surface area contributed by atoms with Crippen molar-refractivity contribution in [2.75, 3.05) is 12.4 Å². The Morgan fingerprint density at radius 1 is 1.21 bits per heavy atom. The summed E-state index contributed by atoms with van der Waals surface area (Å²) in [5, 5.41) is 4.68. The molecule has 9 heteroatoms. The second-order valence-corrected chi connectivity index (χ2v) is 7.63. The van der Waals surface area contributed by atoms with Gasteiger partial charge < -0.3 is 4.74 Å². The number of carbonyl (C=O) groups is 2. The predicted molar refractivity (Wildman–Crippen MR) is 98.0 cm³/mol. The lowest BCUT2D eigenvalue weighted by Crippen LogP contribution is -2.10. The molecule has 0 spiro atoms. The number of hydrogen-bond donors (Lipinski definition) is 1. The van der Waals surface area contributed by atoms with Crippen molar-refractivity contribution in [1.82, 2.24) is 4.98 Å². The van der Waals surface area contributed by atoms with E-state index in [0.29, 0.717) is 30.6 Å². The topological polar surface area (TPSA) is 68.3 Å². The number of carbonyl (C=O) groups excluding carboxylic acids is 2. The number of ether oxygens (including phenoxy) is 1. The minimum atomic E-state index is -0.486. The SMILES string of the molecule is COC(=O)c1sc(NC(=O)c2sc3cc(Cl)ccc3c2Cl)nc1C. The maximum absolute atomic E-state index is 12.5. The molecule has 5 nitrogen and oxygen atoms in total. The second kappa shape index (κ2) is 6.68. The second-order valence-electron chi connectivity index (χ2n) is 4.76. The Labute approximate surface area is 155 Å². The zero-order chi connectivity index (χ0) is 17.4. The molecule has 3 aromatic rings. The Bertz CT molecular complexity index is 965. The van der Waals surface area contributed by atoms with Crippen molar-refractivity contribution in [3.8, 4) is 0 Å². The molecule has 0 radical (unpaired) electrons. The van der Waals surface area contributed by atoms with Gasteiger partial charge in [-0.1, -0.05) is 40.6 Å². The van der Waals surface area contributed by atoms with Crippen LogP contribution in [0.5, 0.6) is 0 Å². The number of amides is 1. The number of rotatable bonds is 3. The van der Waals surface area contributed by atoms with Crippen LogP contribution in [0.1, 0.15) is 25.0 Å². The summed E-state index contributed by atoms with van der Waals surface area (Å²) in [4.78, 5) is 29.0. The molecule has 0 fully saturated rings. The fraction of sp³-hybridized carbons (Fsp3) is 0.133. The van der Waals surface area contributed by atoms with Crippen molar-refractivity contribution in [3.05, 3.63) is 43.7 Å². The average molecular weight is 401 g/mol. The summed E-state index contributed by atoms with van der Waals surface area (Å²) >= 11 is 14.6. The normalized spacial score (nSPS) is 10.8. The van der Waals surface area contributed by atoms with Crippen LogP contribution in [0.25, 0.3) is 10.1 Å². The van der Waals surface area contributed by atoms with Crippen molar-refractivity contribution in [2.24, 2.45) is 0 Å². The number of thiazole rings is 1. The Hall–Kier alpha value is -1.67. The Morgan fingerprint density at radius 3 is 2.67 bits per heavy atom. The highest BCUT2D eigenvalue weighted by molar-refractivity contribution is 7.22. The first kappa shape index (κ1) is 17.2. The maximum Gasteiger partial charge on any atom is 0.350 e. The molecule has 0 saturated heterocycles. The fourth-order valence-electron chi connectivity index (χ4n) is 2.07. The van der Waals surface area contributed by atoms with Gasteiger partial charge in [-0.15, -0.1) is 11.3 Å². The highest BCUT2D eigenvalue weighted by Gasteiger charge is 2.21. The van der Waals surface area contributed by atoms with Gasteiger partial charge in [0.25, 0.3) is 5.91 Å². The van der Waals surface area contributed by atoms with Crippen molar-refractivity contribution in [2.45, 2.75) is 6.92 Å². The molecule has 24 heavy (non-hydrogen) atoms. The molecule has 2 heterocycles. The highest BCUT2D eigenvalue weighted by Crippen LogP contribution is 2.37. The Morgan fingerprint density at radius 2 is 1.96 bits per heavy atom. The molecule has 0 unspecified atom stereocenters. The van der Waals surface area contributed by atoms with Crippen LogP contribution in [0, 0.1) is 6.92 Å². The first-order valence-corrected chi connectivity index (χ1v) is 9.04. The van der Waals surface area contributed by atoms with Crippen LogP contribution >= 0.6 is 45.9 Å². The van der Waals surface area contributed by atoms with Gasteiger partial charge in [-0.05, 0) is 19.1 Å². The average Bonchev–Trinajstić information content (AvgIpc) is 3.06. The van der Waals surface area contributed by atoms with Gasteiger partial charge in [0.1, 0.15) is 9.75 Å². The monoisotopic (exact) mass is 400 g/mol. The third-order valence-corrected chi connectivity index (χ3v) is 6.13. The van der Waals surface area contributed by atoms with Gasteiger partial charge in [-0.2, -0.15) is 0 Å². The lowest BCUT2D eigenvalue weighted by molar-refractivity contribution is 0.0605. The molecule has 1 aromatic carbocycles. The number of methoxy groups -OCH3 is 1. The third kappa shape index (κ3) is 3.12. The van der Waals surface area contributed by atoms with Crippen LogP contribution in [0.2, 0.25) is 10.0 Å². The minimum absolute atomic E-state index is 0.310. The fourth-order valence-corrected chi connectivity index (χ4v) is 4.64. The van der Waals surface area contributed by atoms with Crippen molar-refractivity contribution in [3.63, 3.8) is 0 Å². The summed E-state index contributed by atoms with van der Waals surface area (Å²) in [7, 11) is 1.29. The predicted octanol–water partition coefficient (Wildman–Crippen LogP) is 5.01. The lowest BCUT2D eigenvalue weighted by atomic mass is 10.2. The van der Waals surface area contributed by atoms with Gasteiger partial charge in [0.05, 0.1) is 17.8 Å². The number of aryl methyl sites for hydroxylation is 1. The molecule has 2 aromatic heterocycles. The van der Waals surface area contributed by atoms with Crippen LogP contribution in [-0.4, -0.2) is 24.0 Å². The van der Waals surface area contributed by atoms with E-state index < -0.39 is 5.97 Å². The number of nitrogens with zero attached hydrogens (tertiary/aromatic N) is 1. The number of anilines is 1. The van der Waals surface area contributed by atoms with E-state index in [1.807, 2.05) is 0 Å². The number of fused-ring (bicyclic) bond motifs is 1. The summed E-state index contributed by atoms with van der Waals surface area (Å²) in [5.74, 6) is -0.873. The van der Waals surface area contributed by atoms with E-state index in [4.69, 9.17) is 23.2 Å². The van der Waals surface area contributed by atoms with Crippen LogP contribution in [0.4, 0.5) is 5.13 Å². The number of benzene rings is 1. The largest absolute Gasteiger partial charge is 0.465 e. The molecule has 0 aliphatic carbocycles. The molecule has 124 valence electrons. The van der Waals surface area contributed by atoms with Crippen molar-refractivity contribution in [1.29, 1.82) is 0 Å². The van der Waals surface area contributed by atoms with Crippen LogP contribution in [0.15, 0.2) is 18.2 Å². The van der Waals surface area contributed by atoms with Crippen molar-refractivity contribution < 1.29 is 14.3 Å². The lowest BCUT2D eigenvalue weighted by Gasteiger charge is -1.99. The Kier molecular flexibility index (Phi) is 4.78. The minimum Gasteiger partial charge on any atom is -0.465 e. The molecule has 1 N–H and O–H groups in total. The molecule has 0 atom stereocenters. The van der Waals surface area contributed by atoms with Gasteiger partial charge in [-0.25, -0.2) is 9.78 Å². The summed E-state index contributed by atoms with van der Waals surface area (Å²) < 4.78 is 5.50. The first-order valence-electron chi connectivity index (χ1n) is 6.65. The highest BCUT2D eigenvalue weighted by atomic mass is 35.5. The third-order valence-electron chi connectivity index (χ3n) is 3.19. The van der Waals surface area contributed by atoms with E-state index in [-0.39, 0.29) is 5.91 Å².